The number of carbonyl (C=O) groups is 1. The molecule has 1 amide bonds. The smallest absolute Gasteiger partial charge is 0.251 e. The van der Waals surface area contributed by atoms with Gasteiger partial charge in [-0.15, -0.1) is 0 Å². The van der Waals surface area contributed by atoms with Gasteiger partial charge in [-0.3, -0.25) is 9.78 Å². The van der Waals surface area contributed by atoms with Gasteiger partial charge in [-0.05, 0) is 54.7 Å². The van der Waals surface area contributed by atoms with Crippen LogP contribution in [0.1, 0.15) is 34.8 Å². The number of methoxy groups -OCH3 is 1. The van der Waals surface area contributed by atoms with Crippen molar-refractivity contribution in [2.45, 2.75) is 18.9 Å². The Morgan fingerprint density at radius 3 is 2.67 bits per heavy atom. The fourth-order valence-corrected chi connectivity index (χ4v) is 3.25. The molecule has 1 aromatic heterocycles. The molecule has 0 bridgehead atoms. The van der Waals surface area contributed by atoms with E-state index in [1.54, 1.807) is 37.6 Å². The van der Waals surface area contributed by atoms with Gasteiger partial charge in [-0.25, -0.2) is 0 Å². The zero-order valence-corrected chi connectivity index (χ0v) is 15.6. The van der Waals surface area contributed by atoms with Crippen LogP contribution in [0.5, 0.6) is 5.75 Å². The van der Waals surface area contributed by atoms with Crippen LogP contribution in [-0.4, -0.2) is 44.4 Å². The summed E-state index contributed by atoms with van der Waals surface area (Å²) in [5.74, 6) is 0.958. The van der Waals surface area contributed by atoms with E-state index in [1.165, 1.54) is 0 Å². The van der Waals surface area contributed by atoms with Crippen LogP contribution in [-0.2, 0) is 9.47 Å². The van der Waals surface area contributed by atoms with Crippen LogP contribution in [0.4, 0.5) is 0 Å². The number of rotatable bonds is 8. The number of ether oxygens (including phenoxy) is 3. The van der Waals surface area contributed by atoms with Crippen LogP contribution in [0.2, 0.25) is 0 Å². The average molecular weight is 370 g/mol. The number of benzene rings is 1. The number of aromatic nitrogens is 1. The summed E-state index contributed by atoms with van der Waals surface area (Å²) in [7, 11) is 1.63. The van der Waals surface area contributed by atoms with Gasteiger partial charge in [-0.1, -0.05) is 6.07 Å². The second-order valence-electron chi connectivity index (χ2n) is 6.55. The van der Waals surface area contributed by atoms with Crippen LogP contribution in [0.3, 0.4) is 0 Å². The standard InChI is InChI=1S/C21H26N2O4/c1-25-13-14-27-19-6-4-17(5-7-19)21(24)23-20(16-8-11-26-12-9-16)18-3-2-10-22-15-18/h2-7,10,15-16,20H,8-9,11-14H2,1H3,(H,23,24). The Bertz CT molecular complexity index is 700. The maximum absolute atomic E-state index is 12.8. The minimum atomic E-state index is -0.0983. The van der Waals surface area contributed by atoms with Gasteiger partial charge in [0.25, 0.3) is 5.91 Å². The summed E-state index contributed by atoms with van der Waals surface area (Å²) in [4.78, 5) is 17.0. The van der Waals surface area contributed by atoms with Crippen molar-refractivity contribution < 1.29 is 19.0 Å². The lowest BCUT2D eigenvalue weighted by atomic mass is 9.87. The van der Waals surface area contributed by atoms with Gasteiger partial charge in [0.2, 0.25) is 0 Å². The van der Waals surface area contributed by atoms with Gasteiger partial charge in [0.15, 0.2) is 0 Å². The van der Waals surface area contributed by atoms with Gasteiger partial charge in [-0.2, -0.15) is 0 Å². The van der Waals surface area contributed by atoms with E-state index in [2.05, 4.69) is 10.3 Å². The third-order valence-corrected chi connectivity index (χ3v) is 4.74. The minimum Gasteiger partial charge on any atom is -0.491 e. The van der Waals surface area contributed by atoms with Crippen molar-refractivity contribution in [2.24, 2.45) is 5.92 Å². The number of amides is 1. The molecular weight excluding hydrogens is 344 g/mol. The van der Waals surface area contributed by atoms with E-state index in [0.29, 0.717) is 24.7 Å². The predicted octanol–water partition coefficient (Wildman–Crippen LogP) is 3.00. The highest BCUT2D eigenvalue weighted by Gasteiger charge is 2.27. The number of hydrogen-bond donors (Lipinski definition) is 1. The molecule has 1 saturated heterocycles. The first-order valence-corrected chi connectivity index (χ1v) is 9.28. The number of hydrogen-bond acceptors (Lipinski definition) is 5. The number of pyridine rings is 1. The quantitative estimate of drug-likeness (QED) is 0.724. The molecule has 1 aliphatic heterocycles. The maximum atomic E-state index is 12.8. The summed E-state index contributed by atoms with van der Waals surface area (Å²) in [6.45, 7) is 2.46. The normalized spacial score (nSPS) is 15.9. The first-order valence-electron chi connectivity index (χ1n) is 9.28. The van der Waals surface area contributed by atoms with Crippen molar-refractivity contribution in [2.75, 3.05) is 33.5 Å². The summed E-state index contributed by atoms with van der Waals surface area (Å²) in [5, 5.41) is 3.20. The van der Waals surface area contributed by atoms with Crippen molar-refractivity contribution in [3.05, 3.63) is 59.9 Å². The average Bonchev–Trinajstić information content (AvgIpc) is 2.74. The summed E-state index contributed by atoms with van der Waals surface area (Å²) in [5.41, 5.74) is 1.63. The van der Waals surface area contributed by atoms with Crippen molar-refractivity contribution in [3.8, 4) is 5.75 Å². The molecule has 144 valence electrons. The van der Waals surface area contributed by atoms with Crippen LogP contribution < -0.4 is 10.1 Å². The van der Waals surface area contributed by atoms with Gasteiger partial charge in [0.05, 0.1) is 12.6 Å². The van der Waals surface area contributed by atoms with Gasteiger partial charge in [0.1, 0.15) is 12.4 Å². The van der Waals surface area contributed by atoms with Crippen LogP contribution in [0, 0.1) is 5.92 Å². The van der Waals surface area contributed by atoms with Crippen molar-refractivity contribution >= 4 is 5.91 Å². The second kappa shape index (κ2) is 10.0. The third kappa shape index (κ3) is 5.52. The molecule has 2 aromatic rings. The highest BCUT2D eigenvalue weighted by atomic mass is 16.5. The molecule has 27 heavy (non-hydrogen) atoms. The number of nitrogens with one attached hydrogen (secondary N) is 1. The molecule has 0 spiro atoms. The Labute approximate surface area is 159 Å². The largest absolute Gasteiger partial charge is 0.491 e. The molecule has 1 N–H and O–H groups in total. The molecule has 1 unspecified atom stereocenters. The molecule has 1 aliphatic rings. The summed E-state index contributed by atoms with van der Waals surface area (Å²) in [6.07, 6.45) is 5.42. The van der Waals surface area contributed by atoms with Gasteiger partial charge in [0, 0.05) is 38.3 Å². The number of carbonyl (C=O) groups excluding carboxylic acids is 1. The summed E-state index contributed by atoms with van der Waals surface area (Å²) in [6, 6.07) is 11.0. The zero-order valence-electron chi connectivity index (χ0n) is 15.6. The molecule has 1 atom stereocenters. The van der Waals surface area contributed by atoms with Crippen molar-refractivity contribution in [1.29, 1.82) is 0 Å². The third-order valence-electron chi connectivity index (χ3n) is 4.74. The Morgan fingerprint density at radius 2 is 2.00 bits per heavy atom. The highest BCUT2D eigenvalue weighted by molar-refractivity contribution is 5.94. The fourth-order valence-electron chi connectivity index (χ4n) is 3.25. The lowest BCUT2D eigenvalue weighted by Gasteiger charge is -2.31. The van der Waals surface area contributed by atoms with Gasteiger partial charge < -0.3 is 19.5 Å². The molecule has 0 saturated carbocycles. The fraction of sp³-hybridized carbons (Fsp3) is 0.429. The second-order valence-corrected chi connectivity index (χ2v) is 6.55. The lowest BCUT2D eigenvalue weighted by molar-refractivity contribution is 0.0513. The minimum absolute atomic E-state index is 0.0762. The highest BCUT2D eigenvalue weighted by Crippen LogP contribution is 2.30. The van der Waals surface area contributed by atoms with Gasteiger partial charge >= 0.3 is 0 Å². The SMILES string of the molecule is COCCOc1ccc(C(=O)NC(c2cccnc2)C2CCOCC2)cc1. The Kier molecular flexibility index (Phi) is 7.19. The molecule has 0 radical (unpaired) electrons. The molecule has 2 heterocycles. The number of nitrogens with zero attached hydrogens (tertiary/aromatic N) is 1. The van der Waals surface area contributed by atoms with E-state index < -0.39 is 0 Å². The molecule has 6 heteroatoms. The first-order chi connectivity index (χ1) is 13.3. The van der Waals surface area contributed by atoms with E-state index in [4.69, 9.17) is 14.2 Å². The van der Waals surface area contributed by atoms with Crippen LogP contribution in [0.15, 0.2) is 48.8 Å². The van der Waals surface area contributed by atoms with E-state index in [-0.39, 0.29) is 11.9 Å². The van der Waals surface area contributed by atoms with Crippen LogP contribution in [0.25, 0.3) is 0 Å². The molecule has 6 nitrogen and oxygen atoms in total. The molecule has 0 aliphatic carbocycles. The lowest BCUT2D eigenvalue weighted by Crippen LogP contribution is -2.36. The van der Waals surface area contributed by atoms with Crippen molar-refractivity contribution in [1.82, 2.24) is 10.3 Å². The maximum Gasteiger partial charge on any atom is 0.251 e. The van der Waals surface area contributed by atoms with E-state index in [0.717, 1.165) is 37.4 Å². The van der Waals surface area contributed by atoms with Crippen molar-refractivity contribution in [3.63, 3.8) is 0 Å². The zero-order chi connectivity index (χ0) is 18.9. The molecule has 1 aromatic carbocycles. The first kappa shape index (κ1) is 19.3. The van der Waals surface area contributed by atoms with Crippen LogP contribution >= 0.6 is 0 Å². The molecule has 3 rings (SSSR count). The molecule has 1 fully saturated rings. The van der Waals surface area contributed by atoms with E-state index in [1.807, 2.05) is 18.3 Å². The Hall–Kier alpha value is -2.44. The molecular formula is C21H26N2O4. The summed E-state index contributed by atoms with van der Waals surface area (Å²) >= 11 is 0. The predicted molar refractivity (Wildman–Crippen MR) is 102 cm³/mol. The van der Waals surface area contributed by atoms with E-state index >= 15 is 0 Å². The summed E-state index contributed by atoms with van der Waals surface area (Å²) < 4.78 is 16.0. The Balaban J connectivity index is 1.68. The Morgan fingerprint density at radius 1 is 1.22 bits per heavy atom. The van der Waals surface area contributed by atoms with E-state index in [9.17, 15) is 4.79 Å². The topological polar surface area (TPSA) is 69.7 Å². The monoisotopic (exact) mass is 370 g/mol.